The van der Waals surface area contributed by atoms with Crippen LogP contribution in [0.3, 0.4) is 0 Å². The van der Waals surface area contributed by atoms with E-state index < -0.39 is 0 Å². The van der Waals surface area contributed by atoms with Gasteiger partial charge in [-0.25, -0.2) is 0 Å². The fourth-order valence-corrected chi connectivity index (χ4v) is 2.78. The second-order valence-electron chi connectivity index (χ2n) is 3.53. The summed E-state index contributed by atoms with van der Waals surface area (Å²) in [4.78, 5) is 1.11. The molecule has 0 radical (unpaired) electrons. The zero-order valence-electron chi connectivity index (χ0n) is 9.64. The smallest absolute Gasteiger partial charge is 0.124 e. The summed E-state index contributed by atoms with van der Waals surface area (Å²) in [5.74, 6) is 1.26. The molecule has 0 fully saturated rings. The van der Waals surface area contributed by atoms with Crippen molar-refractivity contribution in [3.63, 3.8) is 0 Å². The highest BCUT2D eigenvalue weighted by Gasteiger charge is 2.04. The molecule has 0 bridgehead atoms. The van der Waals surface area contributed by atoms with Crippen LogP contribution in [0.1, 0.15) is 10.4 Å². The van der Waals surface area contributed by atoms with Crippen LogP contribution >= 0.6 is 27.3 Å². The van der Waals surface area contributed by atoms with Gasteiger partial charge in [-0.05, 0) is 34.1 Å². The normalized spacial score (nSPS) is 9.83. The molecule has 0 saturated carbocycles. The largest absolute Gasteiger partial charge is 0.497 e. The van der Waals surface area contributed by atoms with Gasteiger partial charge in [0.1, 0.15) is 18.1 Å². The van der Waals surface area contributed by atoms with E-state index in [1.54, 1.807) is 36.6 Å². The first-order valence-corrected chi connectivity index (χ1v) is 6.83. The van der Waals surface area contributed by atoms with E-state index in [-0.39, 0.29) is 0 Å². The molecule has 18 heavy (non-hydrogen) atoms. The van der Waals surface area contributed by atoms with Crippen molar-refractivity contribution in [1.82, 2.24) is 0 Å². The van der Waals surface area contributed by atoms with Gasteiger partial charge in [-0.15, -0.1) is 11.3 Å². The number of rotatable bonds is 4. The summed E-state index contributed by atoms with van der Waals surface area (Å²) < 4.78 is 11.8. The highest BCUT2D eigenvalue weighted by molar-refractivity contribution is 9.10. The number of methoxy groups -OCH3 is 1. The van der Waals surface area contributed by atoms with Crippen LogP contribution in [0.25, 0.3) is 0 Å². The zero-order chi connectivity index (χ0) is 13.0. The van der Waals surface area contributed by atoms with Gasteiger partial charge in [0.05, 0.1) is 18.7 Å². The molecular weight excluding hydrogens is 314 g/mol. The summed E-state index contributed by atoms with van der Waals surface area (Å²) in [6.45, 7) is 0.480. The van der Waals surface area contributed by atoms with E-state index in [0.29, 0.717) is 23.7 Å². The standard InChI is InChI=1S/C13H10BrNO2S/c1-16-11-2-9(6-15)3-12(5-11)17-7-13-4-10(14)8-18-13/h2-5,8H,7H2,1H3. The predicted molar refractivity (Wildman–Crippen MR) is 74.1 cm³/mol. The first kappa shape index (κ1) is 12.9. The molecule has 92 valence electrons. The number of hydrogen-bond acceptors (Lipinski definition) is 4. The molecule has 3 nitrogen and oxygen atoms in total. The van der Waals surface area contributed by atoms with Crippen LogP contribution in [0.5, 0.6) is 11.5 Å². The van der Waals surface area contributed by atoms with E-state index in [1.165, 1.54) is 0 Å². The fraction of sp³-hybridized carbons (Fsp3) is 0.154. The Morgan fingerprint density at radius 1 is 1.28 bits per heavy atom. The Labute approximate surface area is 118 Å². The second-order valence-corrected chi connectivity index (χ2v) is 5.44. The molecule has 0 amide bonds. The van der Waals surface area contributed by atoms with Crippen molar-refractivity contribution < 1.29 is 9.47 Å². The van der Waals surface area contributed by atoms with Gasteiger partial charge in [0, 0.05) is 20.8 Å². The Kier molecular flexibility index (Phi) is 4.24. The molecule has 0 aliphatic carbocycles. The summed E-state index contributed by atoms with van der Waals surface area (Å²) in [5.41, 5.74) is 0.525. The lowest BCUT2D eigenvalue weighted by Gasteiger charge is -2.07. The third-order valence-corrected chi connectivity index (χ3v) is 3.92. The Hall–Kier alpha value is -1.51. The van der Waals surface area contributed by atoms with Crippen LogP contribution < -0.4 is 9.47 Å². The third-order valence-electron chi connectivity index (χ3n) is 2.25. The summed E-state index contributed by atoms with van der Waals surface area (Å²) in [7, 11) is 1.57. The zero-order valence-corrected chi connectivity index (χ0v) is 12.0. The van der Waals surface area contributed by atoms with E-state index in [0.717, 1.165) is 9.35 Å². The van der Waals surface area contributed by atoms with Gasteiger partial charge in [0.15, 0.2) is 0 Å². The van der Waals surface area contributed by atoms with Gasteiger partial charge < -0.3 is 9.47 Å². The lowest BCUT2D eigenvalue weighted by Crippen LogP contribution is -1.94. The predicted octanol–water partition coefficient (Wildman–Crippen LogP) is 3.97. The van der Waals surface area contributed by atoms with E-state index in [2.05, 4.69) is 22.0 Å². The molecule has 1 heterocycles. The van der Waals surface area contributed by atoms with E-state index >= 15 is 0 Å². The van der Waals surface area contributed by atoms with Crippen LogP contribution in [0.15, 0.2) is 34.1 Å². The van der Waals surface area contributed by atoms with E-state index in [9.17, 15) is 0 Å². The van der Waals surface area contributed by atoms with Gasteiger partial charge in [-0.1, -0.05) is 0 Å². The third kappa shape index (κ3) is 3.25. The van der Waals surface area contributed by atoms with Crippen molar-refractivity contribution in [3.8, 4) is 17.6 Å². The lowest BCUT2D eigenvalue weighted by atomic mass is 10.2. The molecule has 0 N–H and O–H groups in total. The molecule has 5 heteroatoms. The lowest BCUT2D eigenvalue weighted by molar-refractivity contribution is 0.307. The first-order valence-electron chi connectivity index (χ1n) is 5.16. The van der Waals surface area contributed by atoms with Crippen LogP contribution in [-0.2, 0) is 6.61 Å². The molecular formula is C13H10BrNO2S. The Morgan fingerprint density at radius 2 is 2.06 bits per heavy atom. The SMILES string of the molecule is COc1cc(C#N)cc(OCc2cc(Br)cs2)c1. The number of nitrogens with zero attached hydrogens (tertiary/aromatic N) is 1. The number of halogens is 1. The molecule has 1 aromatic carbocycles. The minimum Gasteiger partial charge on any atom is -0.497 e. The van der Waals surface area contributed by atoms with Crippen molar-refractivity contribution in [2.45, 2.75) is 6.61 Å². The van der Waals surface area contributed by atoms with Gasteiger partial charge in [0.25, 0.3) is 0 Å². The molecule has 0 saturated heterocycles. The van der Waals surface area contributed by atoms with Crippen molar-refractivity contribution in [2.75, 3.05) is 7.11 Å². The number of benzene rings is 1. The molecule has 0 aliphatic heterocycles. The van der Waals surface area contributed by atoms with Crippen LogP contribution in [0.4, 0.5) is 0 Å². The fourth-order valence-electron chi connectivity index (χ4n) is 1.42. The van der Waals surface area contributed by atoms with Gasteiger partial charge in [-0.2, -0.15) is 5.26 Å². The summed E-state index contributed by atoms with van der Waals surface area (Å²) in [6, 6.07) is 9.23. The van der Waals surface area contributed by atoms with Gasteiger partial charge in [0.2, 0.25) is 0 Å². The minimum atomic E-state index is 0.480. The van der Waals surface area contributed by atoms with Crippen molar-refractivity contribution in [2.24, 2.45) is 0 Å². The molecule has 2 rings (SSSR count). The maximum Gasteiger partial charge on any atom is 0.124 e. The average molecular weight is 324 g/mol. The van der Waals surface area contributed by atoms with E-state index in [4.69, 9.17) is 14.7 Å². The quantitative estimate of drug-likeness (QED) is 0.854. The highest BCUT2D eigenvalue weighted by Crippen LogP contribution is 2.25. The first-order chi connectivity index (χ1) is 8.71. The van der Waals surface area contributed by atoms with Crippen molar-refractivity contribution >= 4 is 27.3 Å². The molecule has 2 aromatic rings. The minimum absolute atomic E-state index is 0.480. The summed E-state index contributed by atoms with van der Waals surface area (Å²) in [6.07, 6.45) is 0. The Bertz CT molecular complexity index is 589. The monoisotopic (exact) mass is 323 g/mol. The number of nitriles is 1. The molecule has 1 aromatic heterocycles. The van der Waals surface area contributed by atoms with Crippen LogP contribution in [0, 0.1) is 11.3 Å². The van der Waals surface area contributed by atoms with Gasteiger partial charge in [-0.3, -0.25) is 0 Å². The van der Waals surface area contributed by atoms with Crippen LogP contribution in [0.2, 0.25) is 0 Å². The Balaban J connectivity index is 2.11. The van der Waals surface area contributed by atoms with Crippen molar-refractivity contribution in [3.05, 3.63) is 44.6 Å². The molecule has 0 atom stereocenters. The highest BCUT2D eigenvalue weighted by atomic mass is 79.9. The molecule has 0 spiro atoms. The second kappa shape index (κ2) is 5.89. The van der Waals surface area contributed by atoms with Gasteiger partial charge >= 0.3 is 0 Å². The van der Waals surface area contributed by atoms with Crippen LogP contribution in [-0.4, -0.2) is 7.11 Å². The summed E-state index contributed by atoms with van der Waals surface area (Å²) in [5, 5.41) is 10.9. The number of thiophene rings is 1. The van der Waals surface area contributed by atoms with E-state index in [1.807, 2.05) is 11.4 Å². The maximum absolute atomic E-state index is 8.91. The number of ether oxygens (including phenoxy) is 2. The van der Waals surface area contributed by atoms with Crippen molar-refractivity contribution in [1.29, 1.82) is 5.26 Å². The topological polar surface area (TPSA) is 42.2 Å². The maximum atomic E-state index is 8.91. The molecule has 0 aliphatic rings. The number of hydrogen-bond donors (Lipinski definition) is 0. The average Bonchev–Trinajstić information content (AvgIpc) is 2.81. The summed E-state index contributed by atoms with van der Waals surface area (Å²) >= 11 is 5.02. The molecule has 0 unspecified atom stereocenters. The Morgan fingerprint density at radius 3 is 2.67 bits per heavy atom.